The van der Waals surface area contributed by atoms with E-state index < -0.39 is 0 Å². The molecule has 0 amide bonds. The van der Waals surface area contributed by atoms with Gasteiger partial charge in [-0.2, -0.15) is 4.98 Å². The van der Waals surface area contributed by atoms with E-state index in [0.717, 1.165) is 16.9 Å². The largest absolute Gasteiger partial charge is 0.481 e. The number of benzene rings is 1. The summed E-state index contributed by atoms with van der Waals surface area (Å²) in [4.78, 5) is 11.9. The van der Waals surface area contributed by atoms with Gasteiger partial charge in [0, 0.05) is 17.3 Å². The SMILES string of the molecule is COc1ccc2[nH]c(-c3cccc(N)c3)nc2n1. The van der Waals surface area contributed by atoms with E-state index in [4.69, 9.17) is 10.5 Å². The summed E-state index contributed by atoms with van der Waals surface area (Å²) in [6.07, 6.45) is 0. The molecule has 0 atom stereocenters. The van der Waals surface area contributed by atoms with Crippen LogP contribution in [0.25, 0.3) is 22.6 Å². The molecule has 0 bridgehead atoms. The van der Waals surface area contributed by atoms with Crippen molar-refractivity contribution in [2.75, 3.05) is 12.8 Å². The second-order valence-electron chi connectivity index (χ2n) is 3.94. The maximum atomic E-state index is 5.76. The molecule has 0 radical (unpaired) electrons. The molecule has 0 unspecified atom stereocenters. The summed E-state index contributed by atoms with van der Waals surface area (Å²) >= 11 is 0. The molecular weight excluding hydrogens is 228 g/mol. The Hall–Kier alpha value is -2.56. The number of pyridine rings is 1. The van der Waals surface area contributed by atoms with Gasteiger partial charge in [0.2, 0.25) is 5.88 Å². The van der Waals surface area contributed by atoms with Crippen LogP contribution in [0.4, 0.5) is 5.69 Å². The van der Waals surface area contributed by atoms with Gasteiger partial charge >= 0.3 is 0 Å². The van der Waals surface area contributed by atoms with Crippen LogP contribution in [0.1, 0.15) is 0 Å². The van der Waals surface area contributed by atoms with Crippen molar-refractivity contribution in [3.8, 4) is 17.3 Å². The second kappa shape index (κ2) is 4.03. The minimum absolute atomic E-state index is 0.549. The molecular formula is C13H12N4O. The van der Waals surface area contributed by atoms with Crippen LogP contribution >= 0.6 is 0 Å². The van der Waals surface area contributed by atoms with Gasteiger partial charge in [0.1, 0.15) is 5.82 Å². The van der Waals surface area contributed by atoms with Crippen LogP contribution in [0, 0.1) is 0 Å². The van der Waals surface area contributed by atoms with E-state index in [1.807, 2.05) is 30.3 Å². The highest BCUT2D eigenvalue weighted by Crippen LogP contribution is 2.22. The summed E-state index contributed by atoms with van der Waals surface area (Å²) < 4.78 is 5.07. The number of nitrogen functional groups attached to an aromatic ring is 1. The third-order valence-electron chi connectivity index (χ3n) is 2.69. The van der Waals surface area contributed by atoms with Gasteiger partial charge in [-0.1, -0.05) is 12.1 Å². The minimum Gasteiger partial charge on any atom is -0.481 e. The van der Waals surface area contributed by atoms with Crippen molar-refractivity contribution in [3.63, 3.8) is 0 Å². The van der Waals surface area contributed by atoms with Gasteiger partial charge in [-0.15, -0.1) is 0 Å². The number of nitrogens with zero attached hydrogens (tertiary/aromatic N) is 2. The average Bonchev–Trinajstić information content (AvgIpc) is 2.81. The maximum Gasteiger partial charge on any atom is 0.215 e. The first kappa shape index (κ1) is 10.6. The number of hydrogen-bond donors (Lipinski definition) is 2. The summed E-state index contributed by atoms with van der Waals surface area (Å²) in [5.74, 6) is 1.30. The normalized spacial score (nSPS) is 10.7. The Kier molecular flexibility index (Phi) is 2.37. The lowest BCUT2D eigenvalue weighted by atomic mass is 10.2. The van der Waals surface area contributed by atoms with Crippen LogP contribution in [-0.2, 0) is 0 Å². The third kappa shape index (κ3) is 1.75. The molecule has 5 nitrogen and oxygen atoms in total. The summed E-state index contributed by atoms with van der Waals surface area (Å²) in [7, 11) is 1.58. The predicted molar refractivity (Wildman–Crippen MR) is 70.3 cm³/mol. The Bertz CT molecular complexity index is 705. The van der Waals surface area contributed by atoms with E-state index in [2.05, 4.69) is 15.0 Å². The number of nitrogens with one attached hydrogen (secondary N) is 1. The van der Waals surface area contributed by atoms with Crippen LogP contribution in [0.15, 0.2) is 36.4 Å². The fourth-order valence-electron chi connectivity index (χ4n) is 1.81. The zero-order chi connectivity index (χ0) is 12.5. The molecule has 0 saturated carbocycles. The standard InChI is InChI=1S/C13H12N4O/c1-18-11-6-5-10-13(16-11)17-12(15-10)8-3-2-4-9(14)7-8/h2-7H,14H2,1H3,(H,15,16,17). The van der Waals surface area contributed by atoms with Gasteiger partial charge in [0.15, 0.2) is 5.65 Å². The van der Waals surface area contributed by atoms with Crippen molar-refractivity contribution in [3.05, 3.63) is 36.4 Å². The van der Waals surface area contributed by atoms with Crippen LogP contribution in [0.2, 0.25) is 0 Å². The first-order chi connectivity index (χ1) is 8.76. The van der Waals surface area contributed by atoms with Crippen LogP contribution in [0.3, 0.4) is 0 Å². The fraction of sp³-hybridized carbons (Fsp3) is 0.0769. The molecule has 1 aromatic carbocycles. The third-order valence-corrected chi connectivity index (χ3v) is 2.69. The fourth-order valence-corrected chi connectivity index (χ4v) is 1.81. The molecule has 0 aliphatic rings. The van der Waals surface area contributed by atoms with Gasteiger partial charge in [0.05, 0.1) is 12.6 Å². The Balaban J connectivity index is 2.13. The highest BCUT2D eigenvalue weighted by Gasteiger charge is 2.07. The number of methoxy groups -OCH3 is 1. The molecule has 5 heteroatoms. The lowest BCUT2D eigenvalue weighted by molar-refractivity contribution is 0.399. The Labute approximate surface area is 104 Å². The maximum absolute atomic E-state index is 5.76. The predicted octanol–water partition coefficient (Wildman–Crippen LogP) is 2.22. The Morgan fingerprint density at radius 1 is 1.17 bits per heavy atom. The van der Waals surface area contributed by atoms with Crippen LogP contribution < -0.4 is 10.5 Å². The number of ether oxygens (including phenoxy) is 1. The highest BCUT2D eigenvalue weighted by molar-refractivity contribution is 5.77. The second-order valence-corrected chi connectivity index (χ2v) is 3.94. The van der Waals surface area contributed by atoms with Gasteiger partial charge in [-0.05, 0) is 18.2 Å². The van der Waals surface area contributed by atoms with E-state index in [-0.39, 0.29) is 0 Å². The van der Waals surface area contributed by atoms with Crippen molar-refractivity contribution in [1.82, 2.24) is 15.0 Å². The van der Waals surface area contributed by atoms with Crippen molar-refractivity contribution < 1.29 is 4.74 Å². The monoisotopic (exact) mass is 240 g/mol. The first-order valence-corrected chi connectivity index (χ1v) is 5.53. The number of anilines is 1. The molecule has 2 heterocycles. The quantitative estimate of drug-likeness (QED) is 0.673. The number of H-pyrrole nitrogens is 1. The van der Waals surface area contributed by atoms with Gasteiger partial charge in [-0.25, -0.2) is 4.98 Å². The van der Waals surface area contributed by atoms with Crippen molar-refractivity contribution in [2.45, 2.75) is 0 Å². The number of rotatable bonds is 2. The number of hydrogen-bond acceptors (Lipinski definition) is 4. The summed E-state index contributed by atoms with van der Waals surface area (Å²) in [5, 5.41) is 0. The molecule has 2 aromatic heterocycles. The number of aromatic amines is 1. The molecule has 18 heavy (non-hydrogen) atoms. The summed E-state index contributed by atoms with van der Waals surface area (Å²) in [6, 6.07) is 11.2. The highest BCUT2D eigenvalue weighted by atomic mass is 16.5. The van der Waals surface area contributed by atoms with Crippen LogP contribution in [0.5, 0.6) is 5.88 Å². The Morgan fingerprint density at radius 3 is 2.83 bits per heavy atom. The van der Waals surface area contributed by atoms with Crippen molar-refractivity contribution >= 4 is 16.9 Å². The molecule has 0 aliphatic carbocycles. The summed E-state index contributed by atoms with van der Waals surface area (Å²) in [6.45, 7) is 0. The zero-order valence-corrected chi connectivity index (χ0v) is 9.84. The van der Waals surface area contributed by atoms with Crippen molar-refractivity contribution in [2.24, 2.45) is 0 Å². The van der Waals surface area contributed by atoms with E-state index in [1.54, 1.807) is 13.2 Å². The lowest BCUT2D eigenvalue weighted by Gasteiger charge is -1.97. The van der Waals surface area contributed by atoms with Crippen molar-refractivity contribution in [1.29, 1.82) is 0 Å². The molecule has 3 aromatic rings. The topological polar surface area (TPSA) is 76.8 Å². The van der Waals surface area contributed by atoms with E-state index in [9.17, 15) is 0 Å². The summed E-state index contributed by atoms with van der Waals surface area (Å²) in [5.41, 5.74) is 8.90. The first-order valence-electron chi connectivity index (χ1n) is 5.53. The smallest absolute Gasteiger partial charge is 0.215 e. The number of aromatic nitrogens is 3. The molecule has 0 aliphatic heterocycles. The molecule has 90 valence electrons. The zero-order valence-electron chi connectivity index (χ0n) is 9.84. The number of nitrogens with two attached hydrogens (primary N) is 1. The minimum atomic E-state index is 0.549. The Morgan fingerprint density at radius 2 is 2.06 bits per heavy atom. The van der Waals surface area contributed by atoms with Crippen LogP contribution in [-0.4, -0.2) is 22.1 Å². The molecule has 0 fully saturated rings. The average molecular weight is 240 g/mol. The van der Waals surface area contributed by atoms with Gasteiger partial charge in [-0.3, -0.25) is 0 Å². The van der Waals surface area contributed by atoms with E-state index in [1.165, 1.54) is 0 Å². The van der Waals surface area contributed by atoms with Gasteiger partial charge < -0.3 is 15.5 Å². The molecule has 3 N–H and O–H groups in total. The lowest BCUT2D eigenvalue weighted by Crippen LogP contribution is -1.87. The number of imidazole rings is 1. The number of fused-ring (bicyclic) bond motifs is 1. The molecule has 0 spiro atoms. The van der Waals surface area contributed by atoms with E-state index >= 15 is 0 Å². The molecule has 0 saturated heterocycles. The molecule has 3 rings (SSSR count). The van der Waals surface area contributed by atoms with Gasteiger partial charge in [0.25, 0.3) is 0 Å². The van der Waals surface area contributed by atoms with E-state index in [0.29, 0.717) is 17.2 Å².